The summed E-state index contributed by atoms with van der Waals surface area (Å²) in [6.45, 7) is 3.24. The van der Waals surface area contributed by atoms with Crippen molar-refractivity contribution in [1.29, 1.82) is 0 Å². The van der Waals surface area contributed by atoms with Crippen LogP contribution in [-0.4, -0.2) is 44.3 Å². The van der Waals surface area contributed by atoms with Crippen LogP contribution in [0.2, 0.25) is 0 Å². The van der Waals surface area contributed by atoms with Crippen LogP contribution in [-0.2, 0) is 13.1 Å². The molecule has 9 heteroatoms. The molecule has 200 valence electrons. The summed E-state index contributed by atoms with van der Waals surface area (Å²) in [4.78, 5) is 18.6. The smallest absolute Gasteiger partial charge is 0.252 e. The van der Waals surface area contributed by atoms with E-state index in [-0.39, 0.29) is 11.6 Å². The van der Waals surface area contributed by atoms with Gasteiger partial charge in [0, 0.05) is 29.6 Å². The van der Waals surface area contributed by atoms with Gasteiger partial charge in [0.2, 0.25) is 0 Å². The van der Waals surface area contributed by atoms with Gasteiger partial charge in [-0.1, -0.05) is 38.3 Å². The third-order valence-electron chi connectivity index (χ3n) is 7.61. The van der Waals surface area contributed by atoms with Crippen LogP contribution in [0.15, 0.2) is 53.3 Å². The van der Waals surface area contributed by atoms with Crippen molar-refractivity contribution < 1.29 is 9.47 Å². The van der Waals surface area contributed by atoms with Crippen LogP contribution in [0.1, 0.15) is 74.5 Å². The standard InChI is InChI=1S/C29H36N6O3/c1-4-27(28-31-32-33-35(28)23-8-6-5-7-9-23)34(18-20-10-12-24(37-2)13-11-20)19-22-16-21-17-25(38-3)14-15-26(21)30-29(22)36/h10-17,23,27H,4-9,18-19H2,1-3H3,(H,30,36)/t27-/m0/s1. The Bertz CT molecular complexity index is 1410. The zero-order valence-corrected chi connectivity index (χ0v) is 22.4. The largest absolute Gasteiger partial charge is 0.497 e. The lowest BCUT2D eigenvalue weighted by molar-refractivity contribution is 0.155. The van der Waals surface area contributed by atoms with Gasteiger partial charge in [0.1, 0.15) is 11.5 Å². The first kappa shape index (κ1) is 25.9. The molecule has 2 aromatic heterocycles. The lowest BCUT2D eigenvalue weighted by atomic mass is 9.95. The molecule has 0 spiro atoms. The van der Waals surface area contributed by atoms with Crippen LogP contribution in [0.4, 0.5) is 0 Å². The highest BCUT2D eigenvalue weighted by molar-refractivity contribution is 5.80. The van der Waals surface area contributed by atoms with Crippen molar-refractivity contribution >= 4 is 10.9 Å². The van der Waals surface area contributed by atoms with Gasteiger partial charge >= 0.3 is 0 Å². The molecule has 0 radical (unpaired) electrons. The molecule has 0 bridgehead atoms. The minimum atomic E-state index is -0.0934. The summed E-state index contributed by atoms with van der Waals surface area (Å²) < 4.78 is 12.8. The molecule has 1 N–H and O–H groups in total. The number of fused-ring (bicyclic) bond motifs is 1. The number of tetrazole rings is 1. The number of hydrogen-bond donors (Lipinski definition) is 1. The Labute approximate surface area is 222 Å². The Morgan fingerprint density at radius 1 is 1.00 bits per heavy atom. The number of aromatic amines is 1. The predicted octanol–water partition coefficient (Wildman–Crippen LogP) is 5.19. The number of aromatic nitrogens is 5. The Kier molecular flexibility index (Phi) is 8.03. The van der Waals surface area contributed by atoms with Gasteiger partial charge in [-0.15, -0.1) is 5.10 Å². The van der Waals surface area contributed by atoms with E-state index in [4.69, 9.17) is 9.47 Å². The number of methoxy groups -OCH3 is 2. The van der Waals surface area contributed by atoms with E-state index in [0.29, 0.717) is 24.7 Å². The molecular weight excluding hydrogens is 480 g/mol. The predicted molar refractivity (Wildman–Crippen MR) is 146 cm³/mol. The number of rotatable bonds is 10. The molecular formula is C29H36N6O3. The molecule has 9 nitrogen and oxygen atoms in total. The number of benzene rings is 2. The van der Waals surface area contributed by atoms with Gasteiger partial charge in [0.05, 0.1) is 26.3 Å². The first-order chi connectivity index (χ1) is 18.6. The Balaban J connectivity index is 1.52. The minimum Gasteiger partial charge on any atom is -0.497 e. The molecule has 1 atom stereocenters. The minimum absolute atomic E-state index is 0.0607. The van der Waals surface area contributed by atoms with Crippen LogP contribution in [0.3, 0.4) is 0 Å². The Morgan fingerprint density at radius 3 is 2.45 bits per heavy atom. The van der Waals surface area contributed by atoms with Gasteiger partial charge in [-0.05, 0) is 71.7 Å². The van der Waals surface area contributed by atoms with Crippen LogP contribution < -0.4 is 15.0 Å². The fourth-order valence-electron chi connectivity index (χ4n) is 5.54. The molecule has 2 aromatic carbocycles. The highest BCUT2D eigenvalue weighted by Gasteiger charge is 2.29. The number of nitrogens with zero attached hydrogens (tertiary/aromatic N) is 5. The Hall–Kier alpha value is -3.72. The maximum atomic E-state index is 13.2. The van der Waals surface area contributed by atoms with Crippen molar-refractivity contribution in [2.45, 2.75) is 70.6 Å². The molecule has 2 heterocycles. The van der Waals surface area contributed by atoms with Crippen molar-refractivity contribution in [3.8, 4) is 11.5 Å². The van der Waals surface area contributed by atoms with E-state index in [0.717, 1.165) is 53.1 Å². The topological polar surface area (TPSA) is 98.2 Å². The monoisotopic (exact) mass is 516 g/mol. The van der Waals surface area contributed by atoms with E-state index < -0.39 is 0 Å². The van der Waals surface area contributed by atoms with Gasteiger partial charge in [-0.2, -0.15) is 0 Å². The van der Waals surface area contributed by atoms with E-state index >= 15 is 0 Å². The zero-order chi connectivity index (χ0) is 26.5. The summed E-state index contributed by atoms with van der Waals surface area (Å²) in [6.07, 6.45) is 6.67. The molecule has 0 saturated heterocycles. The molecule has 0 unspecified atom stereocenters. The van der Waals surface area contributed by atoms with Crippen LogP contribution in [0.5, 0.6) is 11.5 Å². The second kappa shape index (κ2) is 11.8. The van der Waals surface area contributed by atoms with Gasteiger partial charge in [-0.3, -0.25) is 9.69 Å². The number of nitrogens with one attached hydrogen (secondary N) is 1. The maximum absolute atomic E-state index is 13.2. The third-order valence-corrected chi connectivity index (χ3v) is 7.61. The molecule has 1 aliphatic rings. The molecule has 4 aromatic rings. The van der Waals surface area contributed by atoms with Crippen molar-refractivity contribution in [1.82, 2.24) is 30.1 Å². The first-order valence-corrected chi connectivity index (χ1v) is 13.4. The summed E-state index contributed by atoms with van der Waals surface area (Å²) in [5.41, 5.74) is 2.51. The molecule has 0 amide bonds. The van der Waals surface area contributed by atoms with E-state index in [1.165, 1.54) is 19.3 Å². The average molecular weight is 517 g/mol. The van der Waals surface area contributed by atoms with Gasteiger partial charge in [0.15, 0.2) is 5.82 Å². The van der Waals surface area contributed by atoms with Crippen molar-refractivity contribution in [3.05, 3.63) is 75.8 Å². The lowest BCUT2D eigenvalue weighted by Crippen LogP contribution is -2.33. The van der Waals surface area contributed by atoms with E-state index in [9.17, 15) is 4.79 Å². The lowest BCUT2D eigenvalue weighted by Gasteiger charge is -2.32. The summed E-state index contributed by atoms with van der Waals surface area (Å²) in [5, 5.41) is 14.0. The van der Waals surface area contributed by atoms with Gasteiger partial charge in [-0.25, -0.2) is 4.68 Å². The number of H-pyrrole nitrogens is 1. The normalized spacial score (nSPS) is 15.2. The Morgan fingerprint density at radius 2 is 1.74 bits per heavy atom. The molecule has 1 aliphatic carbocycles. The summed E-state index contributed by atoms with van der Waals surface area (Å²) >= 11 is 0. The average Bonchev–Trinajstić information content (AvgIpc) is 3.44. The van der Waals surface area contributed by atoms with Crippen molar-refractivity contribution in [3.63, 3.8) is 0 Å². The van der Waals surface area contributed by atoms with Crippen molar-refractivity contribution in [2.75, 3.05) is 14.2 Å². The maximum Gasteiger partial charge on any atom is 0.252 e. The van der Waals surface area contributed by atoms with Gasteiger partial charge in [0.25, 0.3) is 5.56 Å². The third kappa shape index (κ3) is 5.57. The molecule has 38 heavy (non-hydrogen) atoms. The number of pyridine rings is 1. The van der Waals surface area contributed by atoms with Crippen LogP contribution in [0.25, 0.3) is 10.9 Å². The number of ether oxygens (including phenoxy) is 2. The second-order valence-corrected chi connectivity index (χ2v) is 10.0. The summed E-state index contributed by atoms with van der Waals surface area (Å²) in [7, 11) is 3.31. The van der Waals surface area contributed by atoms with E-state index in [1.54, 1.807) is 14.2 Å². The fourth-order valence-corrected chi connectivity index (χ4v) is 5.54. The van der Waals surface area contributed by atoms with Crippen LogP contribution >= 0.6 is 0 Å². The quantitative estimate of drug-likeness (QED) is 0.310. The zero-order valence-electron chi connectivity index (χ0n) is 22.4. The second-order valence-electron chi connectivity index (χ2n) is 10.0. The van der Waals surface area contributed by atoms with E-state index in [2.05, 4.69) is 44.5 Å². The summed E-state index contributed by atoms with van der Waals surface area (Å²) in [5.74, 6) is 2.43. The molecule has 0 aliphatic heterocycles. The van der Waals surface area contributed by atoms with E-state index in [1.807, 2.05) is 41.1 Å². The molecule has 1 fully saturated rings. The molecule has 5 rings (SSSR count). The number of hydrogen-bond acceptors (Lipinski definition) is 7. The highest BCUT2D eigenvalue weighted by Crippen LogP contribution is 2.33. The van der Waals surface area contributed by atoms with Gasteiger partial charge < -0.3 is 14.5 Å². The van der Waals surface area contributed by atoms with Crippen molar-refractivity contribution in [2.24, 2.45) is 0 Å². The highest BCUT2D eigenvalue weighted by atomic mass is 16.5. The van der Waals surface area contributed by atoms with Crippen LogP contribution in [0, 0.1) is 0 Å². The fraction of sp³-hybridized carbons (Fsp3) is 0.448. The summed E-state index contributed by atoms with van der Waals surface area (Å²) in [6, 6.07) is 16.0. The molecule has 1 saturated carbocycles. The first-order valence-electron chi connectivity index (χ1n) is 13.4. The SMILES string of the molecule is CC[C@@H](c1nnnn1C1CCCCC1)N(Cc1ccc(OC)cc1)Cc1cc2cc(OC)ccc2[nH]c1=O.